The number of carboxylic acid groups (broad SMARTS) is 1. The average molecular weight is 309 g/mol. The summed E-state index contributed by atoms with van der Waals surface area (Å²) in [5, 5.41) is 10.4. The van der Waals surface area contributed by atoms with Gasteiger partial charge in [0, 0.05) is 6.20 Å². The molecule has 0 saturated heterocycles. The molecule has 0 aliphatic rings. The minimum Gasteiger partial charge on any atom is -0.497 e. The maximum Gasteiger partial charge on any atom is 0.335 e. The van der Waals surface area contributed by atoms with E-state index in [0.717, 1.165) is 10.9 Å². The third-order valence-electron chi connectivity index (χ3n) is 3.74. The van der Waals surface area contributed by atoms with Crippen LogP contribution in [0.25, 0.3) is 10.8 Å². The number of aromatic carboxylic acids is 1. The standard InChI is InChI=1S/C18H15NO4/c1-23-15-7-6-13-8-9-19(17(20)16(13)10-15)11-12-2-4-14(5-3-12)18(21)22/h2-10H,11H2,1H3,(H,21,22). The first-order valence-corrected chi connectivity index (χ1v) is 7.08. The van der Waals surface area contributed by atoms with Crippen molar-refractivity contribution in [1.29, 1.82) is 0 Å². The van der Waals surface area contributed by atoms with Gasteiger partial charge >= 0.3 is 5.97 Å². The molecule has 1 heterocycles. The summed E-state index contributed by atoms with van der Waals surface area (Å²) in [6.07, 6.45) is 1.74. The molecule has 0 fully saturated rings. The number of fused-ring (bicyclic) bond motifs is 1. The molecule has 23 heavy (non-hydrogen) atoms. The highest BCUT2D eigenvalue weighted by molar-refractivity contribution is 5.87. The van der Waals surface area contributed by atoms with Gasteiger partial charge in [0.05, 0.1) is 24.6 Å². The van der Waals surface area contributed by atoms with Gasteiger partial charge in [0.2, 0.25) is 0 Å². The second kappa shape index (κ2) is 5.96. The van der Waals surface area contributed by atoms with E-state index in [2.05, 4.69) is 0 Å². The fourth-order valence-electron chi connectivity index (χ4n) is 2.46. The predicted molar refractivity (Wildman–Crippen MR) is 87.3 cm³/mol. The lowest BCUT2D eigenvalue weighted by atomic mass is 10.1. The molecular weight excluding hydrogens is 294 g/mol. The first-order valence-electron chi connectivity index (χ1n) is 7.08. The molecule has 0 aliphatic heterocycles. The second-order valence-corrected chi connectivity index (χ2v) is 5.20. The summed E-state index contributed by atoms with van der Waals surface area (Å²) < 4.78 is 6.76. The number of carboxylic acids is 1. The van der Waals surface area contributed by atoms with Gasteiger partial charge in [0.1, 0.15) is 5.75 Å². The van der Waals surface area contributed by atoms with Crippen LogP contribution in [0.4, 0.5) is 0 Å². The van der Waals surface area contributed by atoms with Crippen molar-refractivity contribution in [3.05, 3.63) is 76.2 Å². The van der Waals surface area contributed by atoms with E-state index in [9.17, 15) is 9.59 Å². The Morgan fingerprint density at radius 3 is 2.52 bits per heavy atom. The molecule has 0 aliphatic carbocycles. The highest BCUT2D eigenvalue weighted by atomic mass is 16.5. The molecule has 1 aromatic heterocycles. The predicted octanol–water partition coefficient (Wildman–Crippen LogP) is 2.76. The third kappa shape index (κ3) is 2.94. The molecule has 3 rings (SSSR count). The number of carbonyl (C=O) groups is 1. The smallest absolute Gasteiger partial charge is 0.335 e. The van der Waals surface area contributed by atoms with Crippen LogP contribution in [0.3, 0.4) is 0 Å². The quantitative estimate of drug-likeness (QED) is 0.804. The van der Waals surface area contributed by atoms with E-state index in [1.54, 1.807) is 36.1 Å². The van der Waals surface area contributed by atoms with Gasteiger partial charge in [-0.1, -0.05) is 18.2 Å². The normalized spacial score (nSPS) is 10.7. The summed E-state index contributed by atoms with van der Waals surface area (Å²) in [4.78, 5) is 23.5. The molecule has 0 unspecified atom stereocenters. The van der Waals surface area contributed by atoms with Crippen molar-refractivity contribution in [2.24, 2.45) is 0 Å². The number of hydrogen-bond donors (Lipinski definition) is 1. The summed E-state index contributed by atoms with van der Waals surface area (Å²) in [6.45, 7) is 0.381. The van der Waals surface area contributed by atoms with Crippen molar-refractivity contribution in [3.63, 3.8) is 0 Å². The molecule has 5 heteroatoms. The second-order valence-electron chi connectivity index (χ2n) is 5.20. The van der Waals surface area contributed by atoms with Crippen molar-refractivity contribution >= 4 is 16.7 Å². The molecule has 3 aromatic rings. The zero-order valence-corrected chi connectivity index (χ0v) is 12.5. The molecule has 0 amide bonds. The lowest BCUT2D eigenvalue weighted by molar-refractivity contribution is 0.0697. The monoisotopic (exact) mass is 309 g/mol. The van der Waals surface area contributed by atoms with Gasteiger partial charge in [-0.3, -0.25) is 4.79 Å². The van der Waals surface area contributed by atoms with Crippen LogP contribution < -0.4 is 10.3 Å². The SMILES string of the molecule is COc1ccc2ccn(Cc3ccc(C(=O)O)cc3)c(=O)c2c1. The Morgan fingerprint density at radius 1 is 1.13 bits per heavy atom. The lowest BCUT2D eigenvalue weighted by Gasteiger charge is -2.09. The molecule has 0 atom stereocenters. The van der Waals surface area contributed by atoms with Crippen molar-refractivity contribution in [3.8, 4) is 5.75 Å². The van der Waals surface area contributed by atoms with Gasteiger partial charge in [-0.2, -0.15) is 0 Å². The van der Waals surface area contributed by atoms with Crippen LogP contribution in [0.2, 0.25) is 0 Å². The first kappa shape index (κ1) is 14.8. The molecule has 2 aromatic carbocycles. The average Bonchev–Trinajstić information content (AvgIpc) is 2.57. The highest BCUT2D eigenvalue weighted by Gasteiger charge is 2.06. The zero-order valence-electron chi connectivity index (χ0n) is 12.5. The first-order chi connectivity index (χ1) is 11.1. The maximum absolute atomic E-state index is 12.6. The van der Waals surface area contributed by atoms with Crippen LogP contribution in [0, 0.1) is 0 Å². The summed E-state index contributed by atoms with van der Waals surface area (Å²) in [5.74, 6) is -0.329. The van der Waals surface area contributed by atoms with E-state index in [4.69, 9.17) is 9.84 Å². The fourth-order valence-corrected chi connectivity index (χ4v) is 2.46. The van der Waals surface area contributed by atoms with Crippen molar-refractivity contribution in [1.82, 2.24) is 4.57 Å². The Balaban J connectivity index is 1.98. The number of nitrogens with zero attached hydrogens (tertiary/aromatic N) is 1. The van der Waals surface area contributed by atoms with E-state index in [0.29, 0.717) is 17.7 Å². The number of aromatic nitrogens is 1. The van der Waals surface area contributed by atoms with Crippen molar-refractivity contribution in [2.45, 2.75) is 6.54 Å². The lowest BCUT2D eigenvalue weighted by Crippen LogP contribution is -2.20. The Hall–Kier alpha value is -3.08. The van der Waals surface area contributed by atoms with Gasteiger partial charge in [0.25, 0.3) is 5.56 Å². The number of methoxy groups -OCH3 is 1. The van der Waals surface area contributed by atoms with Gasteiger partial charge in [-0.25, -0.2) is 4.79 Å². The van der Waals surface area contributed by atoms with Gasteiger partial charge < -0.3 is 14.4 Å². The fraction of sp³-hybridized carbons (Fsp3) is 0.111. The highest BCUT2D eigenvalue weighted by Crippen LogP contribution is 2.17. The molecule has 0 spiro atoms. The van der Waals surface area contributed by atoms with Gasteiger partial charge in [-0.05, 0) is 41.3 Å². The van der Waals surface area contributed by atoms with Crippen LogP contribution in [0.1, 0.15) is 15.9 Å². The van der Waals surface area contributed by atoms with Crippen molar-refractivity contribution in [2.75, 3.05) is 7.11 Å². The number of pyridine rings is 1. The van der Waals surface area contributed by atoms with Crippen LogP contribution in [0.5, 0.6) is 5.75 Å². The molecule has 116 valence electrons. The summed E-state index contributed by atoms with van der Waals surface area (Å²) >= 11 is 0. The Bertz CT molecular complexity index is 926. The van der Waals surface area contributed by atoms with Gasteiger partial charge in [0.15, 0.2) is 0 Å². The number of ether oxygens (including phenoxy) is 1. The van der Waals surface area contributed by atoms with Crippen molar-refractivity contribution < 1.29 is 14.6 Å². The van der Waals surface area contributed by atoms with E-state index in [-0.39, 0.29) is 11.1 Å². The number of hydrogen-bond acceptors (Lipinski definition) is 3. The van der Waals surface area contributed by atoms with Crippen LogP contribution >= 0.6 is 0 Å². The van der Waals surface area contributed by atoms with E-state index >= 15 is 0 Å². The Morgan fingerprint density at radius 2 is 1.87 bits per heavy atom. The van der Waals surface area contributed by atoms with Crippen LogP contribution in [0.15, 0.2) is 59.5 Å². The zero-order chi connectivity index (χ0) is 16.4. The largest absolute Gasteiger partial charge is 0.497 e. The molecule has 0 bridgehead atoms. The van der Waals surface area contributed by atoms with Gasteiger partial charge in [-0.15, -0.1) is 0 Å². The van der Waals surface area contributed by atoms with E-state index in [1.165, 1.54) is 12.1 Å². The summed E-state index contributed by atoms with van der Waals surface area (Å²) in [5.41, 5.74) is 0.979. The number of benzene rings is 2. The molecule has 0 radical (unpaired) electrons. The van der Waals surface area contributed by atoms with Crippen LogP contribution in [-0.2, 0) is 6.54 Å². The minimum absolute atomic E-state index is 0.108. The third-order valence-corrected chi connectivity index (χ3v) is 3.74. The Kier molecular flexibility index (Phi) is 3.85. The maximum atomic E-state index is 12.6. The topological polar surface area (TPSA) is 68.5 Å². The molecule has 0 saturated carbocycles. The number of rotatable bonds is 4. The summed E-state index contributed by atoms with van der Waals surface area (Å²) in [6, 6.07) is 13.8. The Labute approximate surface area is 132 Å². The molecule has 5 nitrogen and oxygen atoms in total. The molecule has 1 N–H and O–H groups in total. The van der Waals surface area contributed by atoms with E-state index in [1.807, 2.05) is 18.2 Å². The van der Waals surface area contributed by atoms with E-state index < -0.39 is 5.97 Å². The minimum atomic E-state index is -0.966. The van der Waals surface area contributed by atoms with Crippen LogP contribution in [-0.4, -0.2) is 22.8 Å². The summed E-state index contributed by atoms with van der Waals surface area (Å²) in [7, 11) is 1.56. The molecular formula is C18H15NO4.